The lowest BCUT2D eigenvalue weighted by atomic mass is 9.69. The van der Waals surface area contributed by atoms with Gasteiger partial charge in [0.05, 0.1) is 13.2 Å². The van der Waals surface area contributed by atoms with Gasteiger partial charge in [0.1, 0.15) is 5.78 Å². The lowest BCUT2D eigenvalue weighted by Crippen LogP contribution is -2.48. The zero-order valence-corrected chi connectivity index (χ0v) is 9.13. The van der Waals surface area contributed by atoms with Crippen molar-refractivity contribution in [3.05, 3.63) is 0 Å². The molecule has 3 heteroatoms. The van der Waals surface area contributed by atoms with Gasteiger partial charge in [-0.25, -0.2) is 0 Å². The van der Waals surface area contributed by atoms with Crippen LogP contribution in [0.5, 0.6) is 0 Å². The highest BCUT2D eigenvalue weighted by Gasteiger charge is 2.51. The molecule has 1 saturated heterocycles. The number of carbonyl (C=O) groups excluding carboxylic acids is 1. The van der Waals surface area contributed by atoms with E-state index in [0.29, 0.717) is 25.4 Å². The van der Waals surface area contributed by atoms with Gasteiger partial charge in [0.15, 0.2) is 5.79 Å². The smallest absolute Gasteiger partial charge is 0.170 e. The molecule has 1 saturated carbocycles. The van der Waals surface area contributed by atoms with Crippen LogP contribution in [0.15, 0.2) is 0 Å². The molecule has 0 radical (unpaired) electrons. The molecule has 3 nitrogen and oxygen atoms in total. The molecular weight excluding hydrogens is 180 g/mol. The molecule has 14 heavy (non-hydrogen) atoms. The lowest BCUT2D eigenvalue weighted by molar-refractivity contribution is -0.206. The molecule has 2 fully saturated rings. The Morgan fingerprint density at radius 1 is 1.29 bits per heavy atom. The number of hydrogen-bond donors (Lipinski definition) is 0. The van der Waals surface area contributed by atoms with Crippen LogP contribution in [0.3, 0.4) is 0 Å². The maximum atomic E-state index is 11.9. The number of Topliss-reactive ketones (excluding diaryl/α,β-unsaturated/α-hetero) is 1. The summed E-state index contributed by atoms with van der Waals surface area (Å²) < 4.78 is 11.3. The zero-order valence-electron chi connectivity index (χ0n) is 9.13. The third-order valence-corrected chi connectivity index (χ3v) is 3.26. The van der Waals surface area contributed by atoms with E-state index in [0.717, 1.165) is 6.42 Å². The summed E-state index contributed by atoms with van der Waals surface area (Å²) >= 11 is 0. The van der Waals surface area contributed by atoms with Gasteiger partial charge < -0.3 is 9.47 Å². The van der Waals surface area contributed by atoms with Crippen LogP contribution < -0.4 is 0 Å². The number of ketones is 1. The molecule has 0 aromatic rings. The molecule has 0 amide bonds. The minimum atomic E-state index is -0.461. The van der Waals surface area contributed by atoms with E-state index in [-0.39, 0.29) is 11.3 Å². The van der Waals surface area contributed by atoms with Gasteiger partial charge in [-0.15, -0.1) is 0 Å². The standard InChI is InChI=1S/C11H18O3/c1-8-6-11(13-4-5-14-11)7-10(2,3)9(8)12/h8H,4-7H2,1-3H3. The van der Waals surface area contributed by atoms with Crippen molar-refractivity contribution in [3.8, 4) is 0 Å². The van der Waals surface area contributed by atoms with Crippen LogP contribution in [0.2, 0.25) is 0 Å². The molecule has 1 heterocycles. The van der Waals surface area contributed by atoms with Crippen LogP contribution in [-0.2, 0) is 14.3 Å². The first-order valence-electron chi connectivity index (χ1n) is 5.27. The fraction of sp³-hybridized carbons (Fsp3) is 0.909. The van der Waals surface area contributed by atoms with Crippen LogP contribution in [0.25, 0.3) is 0 Å². The summed E-state index contributed by atoms with van der Waals surface area (Å²) in [4.78, 5) is 11.9. The van der Waals surface area contributed by atoms with Gasteiger partial charge >= 0.3 is 0 Å². The molecule has 0 N–H and O–H groups in total. The summed E-state index contributed by atoms with van der Waals surface area (Å²) in [5.41, 5.74) is -0.304. The zero-order chi connectivity index (χ0) is 10.4. The van der Waals surface area contributed by atoms with E-state index in [1.54, 1.807) is 0 Å². The quantitative estimate of drug-likeness (QED) is 0.595. The summed E-state index contributed by atoms with van der Waals surface area (Å²) in [5.74, 6) is -0.0734. The predicted molar refractivity (Wildman–Crippen MR) is 51.8 cm³/mol. The SMILES string of the molecule is CC1CC2(CC(C)(C)C1=O)OCCO2. The van der Waals surface area contributed by atoms with E-state index < -0.39 is 5.79 Å². The minimum Gasteiger partial charge on any atom is -0.347 e. The number of hydrogen-bond acceptors (Lipinski definition) is 3. The Kier molecular flexibility index (Phi) is 2.20. The van der Waals surface area contributed by atoms with Crippen LogP contribution in [-0.4, -0.2) is 24.8 Å². The maximum absolute atomic E-state index is 11.9. The molecule has 0 aromatic heterocycles. The van der Waals surface area contributed by atoms with Crippen LogP contribution >= 0.6 is 0 Å². The minimum absolute atomic E-state index is 0.0526. The maximum Gasteiger partial charge on any atom is 0.170 e. The molecule has 1 unspecified atom stereocenters. The highest BCUT2D eigenvalue weighted by molar-refractivity contribution is 5.87. The fourth-order valence-electron chi connectivity index (χ4n) is 2.78. The summed E-state index contributed by atoms with van der Waals surface area (Å²) in [5, 5.41) is 0. The van der Waals surface area contributed by atoms with Gasteiger partial charge in [0.2, 0.25) is 0 Å². The summed E-state index contributed by atoms with van der Waals surface area (Å²) in [6.07, 6.45) is 1.42. The molecular formula is C11H18O3. The van der Waals surface area contributed by atoms with E-state index >= 15 is 0 Å². The van der Waals surface area contributed by atoms with E-state index in [1.165, 1.54) is 0 Å². The Morgan fingerprint density at radius 3 is 2.36 bits per heavy atom. The Labute approximate surface area is 84.8 Å². The monoisotopic (exact) mass is 198 g/mol. The van der Waals surface area contributed by atoms with Crippen molar-refractivity contribution in [1.29, 1.82) is 0 Å². The number of carbonyl (C=O) groups is 1. The van der Waals surface area contributed by atoms with Crippen molar-refractivity contribution in [2.75, 3.05) is 13.2 Å². The Bertz CT molecular complexity index is 251. The van der Waals surface area contributed by atoms with Crippen LogP contribution in [0, 0.1) is 11.3 Å². The second-order valence-electron chi connectivity index (χ2n) is 5.14. The first-order valence-corrected chi connectivity index (χ1v) is 5.27. The fourth-order valence-corrected chi connectivity index (χ4v) is 2.78. The first kappa shape index (κ1) is 10.1. The lowest BCUT2D eigenvalue weighted by Gasteiger charge is -2.42. The van der Waals surface area contributed by atoms with Gasteiger partial charge in [-0.05, 0) is 0 Å². The third-order valence-electron chi connectivity index (χ3n) is 3.26. The van der Waals surface area contributed by atoms with Crippen LogP contribution in [0.4, 0.5) is 0 Å². The predicted octanol–water partition coefficient (Wildman–Crippen LogP) is 1.75. The molecule has 2 aliphatic rings. The molecule has 1 aliphatic carbocycles. The molecule has 2 rings (SSSR count). The molecule has 0 bridgehead atoms. The van der Waals surface area contributed by atoms with E-state index in [1.807, 2.05) is 20.8 Å². The van der Waals surface area contributed by atoms with Crippen molar-refractivity contribution in [1.82, 2.24) is 0 Å². The average Bonchev–Trinajstić information content (AvgIpc) is 2.48. The van der Waals surface area contributed by atoms with Gasteiger partial charge in [-0.1, -0.05) is 20.8 Å². The number of ether oxygens (including phenoxy) is 2. The van der Waals surface area contributed by atoms with E-state index in [2.05, 4.69) is 0 Å². The van der Waals surface area contributed by atoms with Gasteiger partial charge in [-0.2, -0.15) is 0 Å². The summed E-state index contributed by atoms with van der Waals surface area (Å²) in [6, 6.07) is 0. The van der Waals surface area contributed by atoms with Crippen molar-refractivity contribution >= 4 is 5.78 Å². The Hall–Kier alpha value is -0.410. The van der Waals surface area contributed by atoms with Gasteiger partial charge in [0.25, 0.3) is 0 Å². The average molecular weight is 198 g/mol. The van der Waals surface area contributed by atoms with Crippen molar-refractivity contribution < 1.29 is 14.3 Å². The van der Waals surface area contributed by atoms with Crippen molar-refractivity contribution in [2.45, 2.75) is 39.4 Å². The molecule has 80 valence electrons. The van der Waals surface area contributed by atoms with Crippen molar-refractivity contribution in [3.63, 3.8) is 0 Å². The van der Waals surface area contributed by atoms with Gasteiger partial charge in [-0.3, -0.25) is 4.79 Å². The van der Waals surface area contributed by atoms with Crippen molar-refractivity contribution in [2.24, 2.45) is 11.3 Å². The normalized spacial score (nSPS) is 35.1. The first-order chi connectivity index (χ1) is 6.45. The van der Waals surface area contributed by atoms with Crippen LogP contribution in [0.1, 0.15) is 33.6 Å². The Morgan fingerprint density at radius 2 is 1.86 bits per heavy atom. The highest BCUT2D eigenvalue weighted by Crippen LogP contribution is 2.45. The molecule has 1 atom stereocenters. The second-order valence-corrected chi connectivity index (χ2v) is 5.14. The van der Waals surface area contributed by atoms with E-state index in [4.69, 9.17) is 9.47 Å². The third kappa shape index (κ3) is 1.48. The summed E-state index contributed by atoms with van der Waals surface area (Å²) in [6.45, 7) is 7.26. The van der Waals surface area contributed by atoms with Gasteiger partial charge in [0, 0.05) is 24.2 Å². The Balaban J connectivity index is 2.22. The molecule has 1 spiro atoms. The number of rotatable bonds is 0. The highest BCUT2D eigenvalue weighted by atomic mass is 16.7. The molecule has 1 aliphatic heterocycles. The topological polar surface area (TPSA) is 35.5 Å². The molecule has 0 aromatic carbocycles. The second kappa shape index (κ2) is 3.04. The van der Waals surface area contributed by atoms with E-state index in [9.17, 15) is 4.79 Å². The summed E-state index contributed by atoms with van der Waals surface area (Å²) in [7, 11) is 0. The largest absolute Gasteiger partial charge is 0.347 e.